The fourth-order valence-electron chi connectivity index (χ4n) is 2.45. The zero-order valence-corrected chi connectivity index (χ0v) is 13.1. The highest BCUT2D eigenvalue weighted by molar-refractivity contribution is 7.05. The maximum Gasteiger partial charge on any atom is 0.219 e. The summed E-state index contributed by atoms with van der Waals surface area (Å²) in [6.45, 7) is 8.94. The summed E-state index contributed by atoms with van der Waals surface area (Å²) in [5.41, 5.74) is 1.04. The van der Waals surface area contributed by atoms with Gasteiger partial charge in [-0.15, -0.1) is 5.10 Å². The van der Waals surface area contributed by atoms with Gasteiger partial charge < -0.3 is 10.0 Å². The molecule has 0 unspecified atom stereocenters. The number of aliphatic hydroxyl groups excluding tert-OH is 1. The van der Waals surface area contributed by atoms with Crippen LogP contribution < -0.4 is 0 Å². The van der Waals surface area contributed by atoms with Crippen LogP contribution in [0.4, 0.5) is 0 Å². The summed E-state index contributed by atoms with van der Waals surface area (Å²) in [6.07, 6.45) is -0.496. The third kappa shape index (κ3) is 3.74. The molecule has 1 aliphatic heterocycles. The SMILES string of the molecule is CC(=O)N1CCN(Cc2snnc2C(C)C)C[C@H](O)C1. The molecule has 1 saturated heterocycles. The maximum absolute atomic E-state index is 11.4. The first-order chi connectivity index (χ1) is 9.47. The first kappa shape index (κ1) is 15.3. The van der Waals surface area contributed by atoms with Crippen LogP contribution in [-0.2, 0) is 11.3 Å². The number of β-amino-alcohol motifs (C(OH)–C–C–N with tert-alkyl or cyclic N) is 1. The highest BCUT2D eigenvalue weighted by Crippen LogP contribution is 2.21. The Morgan fingerprint density at radius 3 is 2.85 bits per heavy atom. The van der Waals surface area contributed by atoms with Gasteiger partial charge >= 0.3 is 0 Å². The van der Waals surface area contributed by atoms with E-state index in [1.807, 2.05) is 0 Å². The van der Waals surface area contributed by atoms with Crippen LogP contribution in [0.5, 0.6) is 0 Å². The highest BCUT2D eigenvalue weighted by atomic mass is 32.1. The van der Waals surface area contributed by atoms with Crippen molar-refractivity contribution in [3.8, 4) is 0 Å². The van der Waals surface area contributed by atoms with Crippen molar-refractivity contribution in [2.45, 2.75) is 39.3 Å². The third-order valence-electron chi connectivity index (χ3n) is 3.53. The minimum Gasteiger partial charge on any atom is -0.390 e. The van der Waals surface area contributed by atoms with Crippen molar-refractivity contribution < 1.29 is 9.90 Å². The lowest BCUT2D eigenvalue weighted by atomic mass is 10.1. The Bertz CT molecular complexity index is 463. The lowest BCUT2D eigenvalue weighted by molar-refractivity contribution is -0.129. The minimum atomic E-state index is -0.496. The van der Waals surface area contributed by atoms with Gasteiger partial charge in [-0.3, -0.25) is 9.69 Å². The number of hydrogen-bond acceptors (Lipinski definition) is 6. The molecule has 2 heterocycles. The molecule has 1 fully saturated rings. The first-order valence-electron chi connectivity index (χ1n) is 6.94. The maximum atomic E-state index is 11.4. The molecule has 1 aromatic rings. The first-order valence-corrected chi connectivity index (χ1v) is 7.71. The van der Waals surface area contributed by atoms with Gasteiger partial charge in [0.15, 0.2) is 0 Å². The van der Waals surface area contributed by atoms with E-state index in [0.29, 0.717) is 25.6 Å². The van der Waals surface area contributed by atoms with Crippen molar-refractivity contribution in [2.24, 2.45) is 0 Å². The number of rotatable bonds is 3. The van der Waals surface area contributed by atoms with E-state index < -0.39 is 6.10 Å². The Morgan fingerprint density at radius 1 is 1.45 bits per heavy atom. The molecule has 0 aromatic carbocycles. The average molecular weight is 298 g/mol. The number of aliphatic hydroxyl groups is 1. The number of aromatic nitrogens is 2. The van der Waals surface area contributed by atoms with E-state index in [0.717, 1.165) is 23.7 Å². The highest BCUT2D eigenvalue weighted by Gasteiger charge is 2.24. The Kier molecular flexibility index (Phi) is 5.06. The molecule has 1 amide bonds. The normalized spacial score (nSPS) is 21.2. The number of nitrogens with zero attached hydrogens (tertiary/aromatic N) is 4. The molecule has 6 nitrogen and oxygen atoms in total. The average Bonchev–Trinajstić information content (AvgIpc) is 2.73. The zero-order chi connectivity index (χ0) is 14.7. The van der Waals surface area contributed by atoms with Crippen LogP contribution in [0.15, 0.2) is 0 Å². The number of amides is 1. The van der Waals surface area contributed by atoms with Crippen molar-refractivity contribution in [3.05, 3.63) is 10.6 Å². The number of carbonyl (C=O) groups is 1. The molecule has 0 saturated carbocycles. The minimum absolute atomic E-state index is 0.0215. The topological polar surface area (TPSA) is 69.6 Å². The molecule has 0 radical (unpaired) electrons. The largest absolute Gasteiger partial charge is 0.390 e. The molecule has 1 aliphatic rings. The fraction of sp³-hybridized carbons (Fsp3) is 0.769. The van der Waals surface area contributed by atoms with Crippen molar-refractivity contribution in [1.82, 2.24) is 19.4 Å². The fourth-order valence-corrected chi connectivity index (χ4v) is 3.29. The predicted molar refractivity (Wildman–Crippen MR) is 77.5 cm³/mol. The van der Waals surface area contributed by atoms with Gasteiger partial charge in [-0.2, -0.15) is 0 Å². The van der Waals surface area contributed by atoms with Crippen LogP contribution in [0.3, 0.4) is 0 Å². The molecule has 0 spiro atoms. The second-order valence-electron chi connectivity index (χ2n) is 5.59. The van der Waals surface area contributed by atoms with Crippen molar-refractivity contribution in [3.63, 3.8) is 0 Å². The molecule has 2 rings (SSSR count). The molecule has 0 aliphatic carbocycles. The summed E-state index contributed by atoms with van der Waals surface area (Å²) in [5, 5.41) is 14.2. The zero-order valence-electron chi connectivity index (χ0n) is 12.2. The van der Waals surface area contributed by atoms with Crippen LogP contribution >= 0.6 is 11.5 Å². The molecule has 112 valence electrons. The van der Waals surface area contributed by atoms with Crippen LogP contribution in [0.2, 0.25) is 0 Å². The van der Waals surface area contributed by atoms with Gasteiger partial charge in [-0.1, -0.05) is 18.3 Å². The summed E-state index contributed by atoms with van der Waals surface area (Å²) in [7, 11) is 0. The van der Waals surface area contributed by atoms with E-state index in [9.17, 15) is 9.90 Å². The van der Waals surface area contributed by atoms with Crippen LogP contribution in [0.1, 0.15) is 37.3 Å². The second kappa shape index (κ2) is 6.60. The van der Waals surface area contributed by atoms with Crippen LogP contribution in [0.25, 0.3) is 0 Å². The molecular weight excluding hydrogens is 276 g/mol. The lowest BCUT2D eigenvalue weighted by Gasteiger charge is -2.20. The van der Waals surface area contributed by atoms with Crippen molar-refractivity contribution in [2.75, 3.05) is 26.2 Å². The Hall–Kier alpha value is -1.05. The van der Waals surface area contributed by atoms with Gasteiger partial charge in [0.1, 0.15) is 0 Å². The van der Waals surface area contributed by atoms with E-state index >= 15 is 0 Å². The molecule has 1 aromatic heterocycles. The molecule has 20 heavy (non-hydrogen) atoms. The Morgan fingerprint density at radius 2 is 2.20 bits per heavy atom. The second-order valence-corrected chi connectivity index (χ2v) is 6.43. The van der Waals surface area contributed by atoms with Gasteiger partial charge in [0.2, 0.25) is 5.91 Å². The van der Waals surface area contributed by atoms with Crippen LogP contribution in [-0.4, -0.2) is 62.7 Å². The quantitative estimate of drug-likeness (QED) is 0.889. The molecule has 0 bridgehead atoms. The molecule has 7 heteroatoms. The summed E-state index contributed by atoms with van der Waals surface area (Å²) in [6, 6.07) is 0. The van der Waals surface area contributed by atoms with E-state index in [-0.39, 0.29) is 5.91 Å². The molecular formula is C13H22N4O2S. The number of hydrogen-bond donors (Lipinski definition) is 1. The van der Waals surface area contributed by atoms with Crippen molar-refractivity contribution in [1.29, 1.82) is 0 Å². The van der Waals surface area contributed by atoms with Gasteiger partial charge in [0, 0.05) is 39.6 Å². The van der Waals surface area contributed by atoms with Crippen LogP contribution in [0, 0.1) is 0 Å². The predicted octanol–water partition coefficient (Wildman–Crippen LogP) is 0.686. The summed E-state index contributed by atoms with van der Waals surface area (Å²) in [4.78, 5) is 16.5. The van der Waals surface area contributed by atoms with E-state index in [1.54, 1.807) is 11.8 Å². The standard InChI is InChI=1S/C13H22N4O2S/c1-9(2)13-12(20-15-14-13)8-16-4-5-17(10(3)18)7-11(19)6-16/h9,11,19H,4-8H2,1-3H3/t11-/m0/s1. The molecule has 1 N–H and O–H groups in total. The van der Waals surface area contributed by atoms with Gasteiger partial charge in [0.05, 0.1) is 16.7 Å². The Balaban J connectivity index is 2.02. The van der Waals surface area contributed by atoms with E-state index in [4.69, 9.17) is 0 Å². The summed E-state index contributed by atoms with van der Waals surface area (Å²) >= 11 is 1.42. The smallest absolute Gasteiger partial charge is 0.219 e. The lowest BCUT2D eigenvalue weighted by Crippen LogP contribution is -2.36. The monoisotopic (exact) mass is 298 g/mol. The number of carbonyl (C=O) groups excluding carboxylic acids is 1. The van der Waals surface area contributed by atoms with Gasteiger partial charge in [0.25, 0.3) is 0 Å². The molecule has 1 atom stereocenters. The third-order valence-corrected chi connectivity index (χ3v) is 4.25. The van der Waals surface area contributed by atoms with E-state index in [1.165, 1.54) is 11.5 Å². The van der Waals surface area contributed by atoms with Gasteiger partial charge in [-0.25, -0.2) is 0 Å². The summed E-state index contributed by atoms with van der Waals surface area (Å²) in [5.74, 6) is 0.377. The van der Waals surface area contributed by atoms with Gasteiger partial charge in [-0.05, 0) is 17.5 Å². The van der Waals surface area contributed by atoms with Crippen molar-refractivity contribution >= 4 is 17.4 Å². The van der Waals surface area contributed by atoms with E-state index in [2.05, 4.69) is 28.3 Å². The summed E-state index contributed by atoms with van der Waals surface area (Å²) < 4.78 is 4.03. The Labute approximate surface area is 123 Å².